The Bertz CT molecular complexity index is 552. The summed E-state index contributed by atoms with van der Waals surface area (Å²) in [4.78, 5) is 20.7. The molecule has 1 aliphatic rings. The Hall–Kier alpha value is -1.91. The molecule has 22 heavy (non-hydrogen) atoms. The first-order valence-electron chi connectivity index (χ1n) is 8.13. The van der Waals surface area contributed by atoms with Gasteiger partial charge in [0.1, 0.15) is 5.69 Å². The third-order valence-corrected chi connectivity index (χ3v) is 3.62. The molecule has 120 valence electrons. The summed E-state index contributed by atoms with van der Waals surface area (Å²) in [6.45, 7) is 6.55. The largest absolute Gasteiger partial charge is 0.354 e. The minimum absolute atomic E-state index is 0.0948. The summed E-state index contributed by atoms with van der Waals surface area (Å²) in [5, 5.41) is 6.09. The number of nitrogens with zero attached hydrogens (tertiary/aromatic N) is 2. The molecule has 2 N–H and O–H groups in total. The lowest BCUT2D eigenvalue weighted by atomic mass is 9.97. The van der Waals surface area contributed by atoms with Crippen molar-refractivity contribution in [2.75, 3.05) is 11.9 Å². The van der Waals surface area contributed by atoms with Gasteiger partial charge in [0.25, 0.3) is 5.91 Å². The molecule has 0 aliphatic heterocycles. The van der Waals surface area contributed by atoms with E-state index in [0.29, 0.717) is 11.6 Å². The van der Waals surface area contributed by atoms with Gasteiger partial charge in [0.2, 0.25) is 5.95 Å². The molecule has 0 aromatic carbocycles. The SMILES string of the molecule is Cc1cc(C(=O)NC(C)C)nc(NCCC2=CCCCC2)n1. The quantitative estimate of drug-likeness (QED) is 0.792. The first-order chi connectivity index (χ1) is 10.5. The maximum absolute atomic E-state index is 12.0. The second-order valence-electron chi connectivity index (χ2n) is 6.13. The van der Waals surface area contributed by atoms with Crippen molar-refractivity contribution in [3.05, 3.63) is 29.1 Å². The van der Waals surface area contributed by atoms with Gasteiger partial charge in [-0.05, 0) is 58.9 Å². The van der Waals surface area contributed by atoms with E-state index < -0.39 is 0 Å². The van der Waals surface area contributed by atoms with Crippen LogP contribution in [0, 0.1) is 6.92 Å². The third kappa shape index (κ3) is 5.13. The van der Waals surface area contributed by atoms with E-state index in [-0.39, 0.29) is 11.9 Å². The molecule has 0 saturated heterocycles. The molecule has 1 aromatic heterocycles. The van der Waals surface area contributed by atoms with E-state index >= 15 is 0 Å². The smallest absolute Gasteiger partial charge is 0.270 e. The number of allylic oxidation sites excluding steroid dienone is 1. The molecule has 5 heteroatoms. The lowest BCUT2D eigenvalue weighted by Crippen LogP contribution is -2.31. The van der Waals surface area contributed by atoms with Crippen LogP contribution in [0.15, 0.2) is 17.7 Å². The van der Waals surface area contributed by atoms with Gasteiger partial charge in [-0.2, -0.15) is 0 Å². The van der Waals surface area contributed by atoms with Crippen molar-refractivity contribution in [2.24, 2.45) is 0 Å². The number of rotatable bonds is 6. The summed E-state index contributed by atoms with van der Waals surface area (Å²) in [5.74, 6) is 0.379. The summed E-state index contributed by atoms with van der Waals surface area (Å²) >= 11 is 0. The van der Waals surface area contributed by atoms with Crippen LogP contribution in [-0.2, 0) is 0 Å². The highest BCUT2D eigenvalue weighted by molar-refractivity contribution is 5.92. The molecule has 0 bridgehead atoms. The van der Waals surface area contributed by atoms with Crippen molar-refractivity contribution in [1.29, 1.82) is 0 Å². The van der Waals surface area contributed by atoms with Gasteiger partial charge in [0.15, 0.2) is 0 Å². The fourth-order valence-corrected chi connectivity index (χ4v) is 2.57. The Morgan fingerprint density at radius 3 is 2.82 bits per heavy atom. The molecule has 0 unspecified atom stereocenters. The molecular formula is C17H26N4O. The molecule has 1 aromatic rings. The summed E-state index contributed by atoms with van der Waals surface area (Å²) in [5.41, 5.74) is 2.73. The number of carbonyl (C=O) groups excluding carboxylic acids is 1. The van der Waals surface area contributed by atoms with E-state index in [4.69, 9.17) is 0 Å². The average Bonchev–Trinajstić information content (AvgIpc) is 2.47. The van der Waals surface area contributed by atoms with E-state index in [9.17, 15) is 4.79 Å². The zero-order chi connectivity index (χ0) is 15.9. The van der Waals surface area contributed by atoms with Crippen LogP contribution in [0.25, 0.3) is 0 Å². The normalized spacial score (nSPS) is 14.6. The maximum atomic E-state index is 12.0. The standard InChI is InChI=1S/C17H26N4O/c1-12(2)19-16(22)15-11-13(3)20-17(21-15)18-10-9-14-7-5-4-6-8-14/h7,11-12H,4-6,8-10H2,1-3H3,(H,19,22)(H,18,20,21). The van der Waals surface area contributed by atoms with Crippen LogP contribution in [0.2, 0.25) is 0 Å². The number of carbonyl (C=O) groups is 1. The number of hydrogen-bond donors (Lipinski definition) is 2. The predicted molar refractivity (Wildman–Crippen MR) is 89.0 cm³/mol. The summed E-state index contributed by atoms with van der Waals surface area (Å²) in [6, 6.07) is 1.81. The Labute approximate surface area is 132 Å². The molecular weight excluding hydrogens is 276 g/mol. The van der Waals surface area contributed by atoms with Crippen molar-refractivity contribution in [1.82, 2.24) is 15.3 Å². The highest BCUT2D eigenvalue weighted by atomic mass is 16.1. The molecule has 2 rings (SSSR count). The first kappa shape index (κ1) is 16.5. The van der Waals surface area contributed by atoms with E-state index in [1.807, 2.05) is 20.8 Å². The van der Waals surface area contributed by atoms with Gasteiger partial charge in [0, 0.05) is 18.3 Å². The van der Waals surface area contributed by atoms with Gasteiger partial charge in [-0.15, -0.1) is 0 Å². The minimum Gasteiger partial charge on any atom is -0.354 e. The lowest BCUT2D eigenvalue weighted by Gasteiger charge is -2.13. The second-order valence-corrected chi connectivity index (χ2v) is 6.13. The van der Waals surface area contributed by atoms with E-state index in [0.717, 1.165) is 18.7 Å². The van der Waals surface area contributed by atoms with Gasteiger partial charge < -0.3 is 10.6 Å². The van der Waals surface area contributed by atoms with E-state index in [1.165, 1.54) is 31.3 Å². The number of nitrogens with one attached hydrogen (secondary N) is 2. The van der Waals surface area contributed by atoms with Gasteiger partial charge >= 0.3 is 0 Å². The van der Waals surface area contributed by atoms with Crippen molar-refractivity contribution >= 4 is 11.9 Å². The summed E-state index contributed by atoms with van der Waals surface area (Å²) in [6.07, 6.45) is 8.39. The van der Waals surface area contributed by atoms with Crippen LogP contribution in [0.1, 0.15) is 62.1 Å². The third-order valence-electron chi connectivity index (χ3n) is 3.62. The van der Waals surface area contributed by atoms with Crippen LogP contribution in [0.3, 0.4) is 0 Å². The van der Waals surface area contributed by atoms with Crippen LogP contribution < -0.4 is 10.6 Å². The first-order valence-corrected chi connectivity index (χ1v) is 8.13. The Balaban J connectivity index is 1.94. The molecule has 0 saturated carbocycles. The highest BCUT2D eigenvalue weighted by Crippen LogP contribution is 2.19. The fourth-order valence-electron chi connectivity index (χ4n) is 2.57. The van der Waals surface area contributed by atoms with Gasteiger partial charge in [-0.3, -0.25) is 4.79 Å². The molecule has 0 spiro atoms. The van der Waals surface area contributed by atoms with Crippen LogP contribution >= 0.6 is 0 Å². The van der Waals surface area contributed by atoms with Crippen molar-refractivity contribution in [3.63, 3.8) is 0 Å². The van der Waals surface area contributed by atoms with E-state index in [1.54, 1.807) is 6.07 Å². The number of aromatic nitrogens is 2. The van der Waals surface area contributed by atoms with Gasteiger partial charge in [-0.1, -0.05) is 11.6 Å². The average molecular weight is 302 g/mol. The number of aryl methyl sites for hydroxylation is 1. The second kappa shape index (κ2) is 7.92. The Kier molecular flexibility index (Phi) is 5.92. The topological polar surface area (TPSA) is 66.9 Å². The predicted octanol–water partition coefficient (Wildman–Crippen LogP) is 3.23. The Morgan fingerprint density at radius 1 is 1.32 bits per heavy atom. The summed E-state index contributed by atoms with van der Waals surface area (Å²) in [7, 11) is 0. The monoisotopic (exact) mass is 302 g/mol. The van der Waals surface area contributed by atoms with Crippen LogP contribution in [0.4, 0.5) is 5.95 Å². The summed E-state index contributed by atoms with van der Waals surface area (Å²) < 4.78 is 0. The van der Waals surface area contributed by atoms with E-state index in [2.05, 4.69) is 26.7 Å². The molecule has 0 radical (unpaired) electrons. The number of amides is 1. The highest BCUT2D eigenvalue weighted by Gasteiger charge is 2.11. The van der Waals surface area contributed by atoms with Gasteiger partial charge in [0.05, 0.1) is 0 Å². The molecule has 1 heterocycles. The minimum atomic E-state index is -0.154. The number of hydrogen-bond acceptors (Lipinski definition) is 4. The van der Waals surface area contributed by atoms with Crippen molar-refractivity contribution < 1.29 is 4.79 Å². The number of anilines is 1. The van der Waals surface area contributed by atoms with Crippen molar-refractivity contribution in [3.8, 4) is 0 Å². The molecule has 5 nitrogen and oxygen atoms in total. The molecule has 1 amide bonds. The van der Waals surface area contributed by atoms with Crippen LogP contribution in [0.5, 0.6) is 0 Å². The maximum Gasteiger partial charge on any atom is 0.270 e. The molecule has 0 fully saturated rings. The fraction of sp³-hybridized carbons (Fsp3) is 0.588. The molecule has 0 atom stereocenters. The zero-order valence-electron chi connectivity index (χ0n) is 13.8. The van der Waals surface area contributed by atoms with Gasteiger partial charge in [-0.25, -0.2) is 9.97 Å². The van der Waals surface area contributed by atoms with Crippen molar-refractivity contribution in [2.45, 2.75) is 58.9 Å². The zero-order valence-corrected chi connectivity index (χ0v) is 13.8. The lowest BCUT2D eigenvalue weighted by molar-refractivity contribution is 0.0938. The van der Waals surface area contributed by atoms with Crippen LogP contribution in [-0.4, -0.2) is 28.5 Å². The Morgan fingerprint density at radius 2 is 2.14 bits per heavy atom. The molecule has 1 aliphatic carbocycles.